The van der Waals surface area contributed by atoms with Gasteiger partial charge in [-0.25, -0.2) is 0 Å². The molecule has 0 unspecified atom stereocenters. The van der Waals surface area contributed by atoms with Crippen LogP contribution in [0.5, 0.6) is 0 Å². The molecule has 0 atom stereocenters. The Hall–Kier alpha value is -1.22. The minimum absolute atomic E-state index is 0.793. The number of aryl methyl sites for hydroxylation is 1. The Labute approximate surface area is 91.9 Å². The second-order valence-corrected chi connectivity index (χ2v) is 3.85. The average Bonchev–Trinajstić information content (AvgIpc) is 2.20. The predicted molar refractivity (Wildman–Crippen MR) is 67.0 cm³/mol. The van der Waals surface area contributed by atoms with Crippen LogP contribution in [0.4, 0.5) is 11.4 Å². The molecule has 1 aromatic rings. The molecule has 84 valence electrons. The van der Waals surface area contributed by atoms with Gasteiger partial charge in [-0.05, 0) is 50.1 Å². The molecule has 0 radical (unpaired) electrons. The summed E-state index contributed by atoms with van der Waals surface area (Å²) in [6, 6.07) is 5.95. The largest absolute Gasteiger partial charge is 0.399 e. The maximum absolute atomic E-state index is 5.68. The van der Waals surface area contributed by atoms with Gasteiger partial charge >= 0.3 is 0 Å². The molecule has 5 N–H and O–H groups in total. The Morgan fingerprint density at radius 3 is 2.67 bits per heavy atom. The number of nitrogens with one attached hydrogen (secondary N) is 1. The summed E-state index contributed by atoms with van der Waals surface area (Å²) in [4.78, 5) is 0. The fourth-order valence-corrected chi connectivity index (χ4v) is 1.55. The number of nitrogens with two attached hydrogens (primary N) is 2. The van der Waals surface area contributed by atoms with Crippen LogP contribution in [0, 0.1) is 6.92 Å². The number of unbranched alkanes of at least 4 members (excludes halogenated alkanes) is 2. The Balaban J connectivity index is 2.31. The van der Waals surface area contributed by atoms with Gasteiger partial charge in [0.2, 0.25) is 0 Å². The van der Waals surface area contributed by atoms with E-state index < -0.39 is 0 Å². The van der Waals surface area contributed by atoms with E-state index in [1.807, 2.05) is 18.2 Å². The van der Waals surface area contributed by atoms with E-state index >= 15 is 0 Å². The van der Waals surface area contributed by atoms with Gasteiger partial charge in [0.1, 0.15) is 0 Å². The molecule has 0 amide bonds. The predicted octanol–water partition coefficient (Wildman–Crippen LogP) is 2.12. The summed E-state index contributed by atoms with van der Waals surface area (Å²) < 4.78 is 0. The SMILES string of the molecule is Cc1cc(N)ccc1NCCCCCN. The summed E-state index contributed by atoms with van der Waals surface area (Å²) in [5.41, 5.74) is 14.3. The van der Waals surface area contributed by atoms with Crippen molar-refractivity contribution in [1.29, 1.82) is 0 Å². The Morgan fingerprint density at radius 2 is 2.00 bits per heavy atom. The highest BCUT2D eigenvalue weighted by molar-refractivity contribution is 5.57. The van der Waals surface area contributed by atoms with E-state index in [1.165, 1.54) is 24.1 Å². The van der Waals surface area contributed by atoms with E-state index in [2.05, 4.69) is 12.2 Å². The van der Waals surface area contributed by atoms with Gasteiger partial charge in [0.05, 0.1) is 0 Å². The van der Waals surface area contributed by atoms with Crippen molar-refractivity contribution in [2.24, 2.45) is 5.73 Å². The normalized spacial score (nSPS) is 10.3. The third-order valence-corrected chi connectivity index (χ3v) is 2.45. The van der Waals surface area contributed by atoms with Gasteiger partial charge in [-0.3, -0.25) is 0 Å². The van der Waals surface area contributed by atoms with Crippen LogP contribution in [0.15, 0.2) is 18.2 Å². The van der Waals surface area contributed by atoms with Crippen LogP contribution in [0.25, 0.3) is 0 Å². The lowest BCUT2D eigenvalue weighted by Gasteiger charge is -2.09. The fraction of sp³-hybridized carbons (Fsp3) is 0.500. The van der Waals surface area contributed by atoms with Crippen LogP contribution in [-0.2, 0) is 0 Å². The summed E-state index contributed by atoms with van der Waals surface area (Å²) in [7, 11) is 0. The molecule has 0 aromatic heterocycles. The van der Waals surface area contributed by atoms with Gasteiger partial charge in [0.15, 0.2) is 0 Å². The smallest absolute Gasteiger partial charge is 0.0371 e. The van der Waals surface area contributed by atoms with E-state index in [-0.39, 0.29) is 0 Å². The summed E-state index contributed by atoms with van der Waals surface area (Å²) in [6.45, 7) is 3.87. The lowest BCUT2D eigenvalue weighted by Crippen LogP contribution is -2.05. The van der Waals surface area contributed by atoms with E-state index in [1.54, 1.807) is 0 Å². The van der Waals surface area contributed by atoms with E-state index in [4.69, 9.17) is 11.5 Å². The van der Waals surface area contributed by atoms with Gasteiger partial charge in [0, 0.05) is 17.9 Å². The average molecular weight is 207 g/mol. The number of hydrogen-bond donors (Lipinski definition) is 3. The monoisotopic (exact) mass is 207 g/mol. The van der Waals surface area contributed by atoms with Crippen molar-refractivity contribution in [3.63, 3.8) is 0 Å². The Bertz CT molecular complexity index is 297. The first kappa shape index (κ1) is 11.9. The van der Waals surface area contributed by atoms with E-state index in [9.17, 15) is 0 Å². The fourth-order valence-electron chi connectivity index (χ4n) is 1.55. The van der Waals surface area contributed by atoms with Gasteiger partial charge < -0.3 is 16.8 Å². The highest BCUT2D eigenvalue weighted by atomic mass is 14.9. The van der Waals surface area contributed by atoms with Crippen molar-refractivity contribution in [2.45, 2.75) is 26.2 Å². The van der Waals surface area contributed by atoms with Crippen LogP contribution in [0.1, 0.15) is 24.8 Å². The van der Waals surface area contributed by atoms with Crippen LogP contribution in [-0.4, -0.2) is 13.1 Å². The van der Waals surface area contributed by atoms with Crippen LogP contribution in [0.3, 0.4) is 0 Å². The summed E-state index contributed by atoms with van der Waals surface area (Å²) in [5, 5.41) is 3.40. The zero-order chi connectivity index (χ0) is 11.1. The second-order valence-electron chi connectivity index (χ2n) is 3.85. The van der Waals surface area contributed by atoms with Crippen molar-refractivity contribution in [2.75, 3.05) is 24.1 Å². The molecule has 0 heterocycles. The molecule has 0 aliphatic heterocycles. The number of hydrogen-bond acceptors (Lipinski definition) is 3. The van der Waals surface area contributed by atoms with Gasteiger partial charge in [-0.15, -0.1) is 0 Å². The third-order valence-electron chi connectivity index (χ3n) is 2.45. The first-order valence-corrected chi connectivity index (χ1v) is 5.54. The zero-order valence-corrected chi connectivity index (χ0v) is 9.42. The standard InChI is InChI=1S/C12H21N3/c1-10-9-11(14)5-6-12(10)15-8-4-2-3-7-13/h5-6,9,15H,2-4,7-8,13-14H2,1H3. The molecular weight excluding hydrogens is 186 g/mol. The molecule has 0 saturated carbocycles. The molecular formula is C12H21N3. The molecule has 3 heteroatoms. The maximum Gasteiger partial charge on any atom is 0.0371 e. The molecule has 15 heavy (non-hydrogen) atoms. The van der Waals surface area contributed by atoms with E-state index in [0.29, 0.717) is 0 Å². The molecule has 1 rings (SSSR count). The number of benzene rings is 1. The maximum atomic E-state index is 5.68. The van der Waals surface area contributed by atoms with Crippen molar-refractivity contribution in [1.82, 2.24) is 0 Å². The van der Waals surface area contributed by atoms with Crippen molar-refractivity contribution < 1.29 is 0 Å². The number of nitrogen functional groups attached to an aromatic ring is 1. The van der Waals surface area contributed by atoms with Crippen LogP contribution >= 0.6 is 0 Å². The first-order valence-electron chi connectivity index (χ1n) is 5.54. The lowest BCUT2D eigenvalue weighted by molar-refractivity contribution is 0.707. The van der Waals surface area contributed by atoms with Gasteiger partial charge in [-0.2, -0.15) is 0 Å². The third kappa shape index (κ3) is 4.21. The molecule has 1 aromatic carbocycles. The quantitative estimate of drug-likeness (QED) is 0.494. The van der Waals surface area contributed by atoms with Crippen LogP contribution < -0.4 is 16.8 Å². The lowest BCUT2D eigenvalue weighted by atomic mass is 10.1. The molecule has 0 bridgehead atoms. The molecule has 0 saturated heterocycles. The van der Waals surface area contributed by atoms with Gasteiger partial charge in [-0.1, -0.05) is 6.42 Å². The topological polar surface area (TPSA) is 64.1 Å². The summed E-state index contributed by atoms with van der Waals surface area (Å²) in [6.07, 6.45) is 3.47. The number of anilines is 2. The summed E-state index contributed by atoms with van der Waals surface area (Å²) >= 11 is 0. The van der Waals surface area contributed by atoms with E-state index in [0.717, 1.165) is 25.2 Å². The number of rotatable bonds is 6. The molecule has 3 nitrogen and oxygen atoms in total. The van der Waals surface area contributed by atoms with Crippen molar-refractivity contribution >= 4 is 11.4 Å². The molecule has 0 spiro atoms. The van der Waals surface area contributed by atoms with Crippen molar-refractivity contribution in [3.8, 4) is 0 Å². The first-order chi connectivity index (χ1) is 7.24. The second kappa shape index (κ2) is 6.30. The minimum atomic E-state index is 0.793. The van der Waals surface area contributed by atoms with Crippen molar-refractivity contribution in [3.05, 3.63) is 23.8 Å². The Kier molecular flexibility index (Phi) is 4.98. The molecule has 0 aliphatic rings. The van der Waals surface area contributed by atoms with Gasteiger partial charge in [0.25, 0.3) is 0 Å². The van der Waals surface area contributed by atoms with Crippen LogP contribution in [0.2, 0.25) is 0 Å². The molecule has 0 aliphatic carbocycles. The highest BCUT2D eigenvalue weighted by Gasteiger charge is 1.97. The molecule has 0 fully saturated rings. The summed E-state index contributed by atoms with van der Waals surface area (Å²) in [5.74, 6) is 0. The minimum Gasteiger partial charge on any atom is -0.399 e. The highest BCUT2D eigenvalue weighted by Crippen LogP contribution is 2.17. The zero-order valence-electron chi connectivity index (χ0n) is 9.42. The Morgan fingerprint density at radius 1 is 1.20 bits per heavy atom.